The van der Waals surface area contributed by atoms with Crippen LogP contribution in [0.4, 0.5) is 5.69 Å². The second-order valence-electron chi connectivity index (χ2n) is 4.30. The Hall–Kier alpha value is -0.480. The average molecular weight is 290 g/mol. The van der Waals surface area contributed by atoms with Gasteiger partial charge in [0, 0.05) is 18.7 Å². The summed E-state index contributed by atoms with van der Waals surface area (Å²) in [5, 5.41) is 4.68. The molecule has 5 heteroatoms. The summed E-state index contributed by atoms with van der Waals surface area (Å²) in [6, 6.07) is 5.59. The highest BCUT2D eigenvalue weighted by molar-refractivity contribution is 6.35. The van der Waals surface area contributed by atoms with Crippen LogP contribution in [0.15, 0.2) is 18.2 Å². The number of anilines is 1. The molecule has 18 heavy (non-hydrogen) atoms. The summed E-state index contributed by atoms with van der Waals surface area (Å²) < 4.78 is 11.0. The smallest absolute Gasteiger partial charge is 0.103 e. The van der Waals surface area contributed by atoms with Crippen molar-refractivity contribution in [2.75, 3.05) is 19.0 Å². The van der Waals surface area contributed by atoms with Crippen LogP contribution in [0.25, 0.3) is 0 Å². The van der Waals surface area contributed by atoms with Gasteiger partial charge in [0.2, 0.25) is 0 Å². The van der Waals surface area contributed by atoms with Crippen LogP contribution in [0.1, 0.15) is 13.3 Å². The van der Waals surface area contributed by atoms with Gasteiger partial charge in [0.1, 0.15) is 6.10 Å². The van der Waals surface area contributed by atoms with Gasteiger partial charge < -0.3 is 14.8 Å². The van der Waals surface area contributed by atoms with E-state index in [0.29, 0.717) is 16.7 Å². The largest absolute Gasteiger partial charge is 0.378 e. The Labute approximate surface area is 117 Å². The van der Waals surface area contributed by atoms with Gasteiger partial charge in [0.25, 0.3) is 0 Å². The maximum absolute atomic E-state index is 6.12. The summed E-state index contributed by atoms with van der Waals surface area (Å²) in [5.74, 6) is 0. The number of rotatable bonds is 5. The first-order valence-corrected chi connectivity index (χ1v) is 6.77. The third-order valence-electron chi connectivity index (χ3n) is 3.17. The van der Waals surface area contributed by atoms with Crippen molar-refractivity contribution in [2.45, 2.75) is 31.6 Å². The molecule has 0 aliphatic heterocycles. The van der Waals surface area contributed by atoms with Gasteiger partial charge in [-0.2, -0.15) is 0 Å². The minimum Gasteiger partial charge on any atom is -0.378 e. The summed E-state index contributed by atoms with van der Waals surface area (Å²) >= 11 is 12.1. The highest BCUT2D eigenvalue weighted by Crippen LogP contribution is 2.33. The molecule has 1 aromatic rings. The Morgan fingerprint density at radius 3 is 2.83 bits per heavy atom. The van der Waals surface area contributed by atoms with Gasteiger partial charge in [-0.05, 0) is 31.5 Å². The molecule has 0 amide bonds. The first-order chi connectivity index (χ1) is 8.65. The number of halogens is 2. The Kier molecular flexibility index (Phi) is 4.73. The van der Waals surface area contributed by atoms with Crippen molar-refractivity contribution in [1.29, 1.82) is 0 Å². The van der Waals surface area contributed by atoms with E-state index < -0.39 is 0 Å². The van der Waals surface area contributed by atoms with Crippen molar-refractivity contribution in [3.63, 3.8) is 0 Å². The molecule has 100 valence electrons. The topological polar surface area (TPSA) is 30.5 Å². The maximum Gasteiger partial charge on any atom is 0.103 e. The number of hydrogen-bond acceptors (Lipinski definition) is 3. The lowest BCUT2D eigenvalue weighted by Gasteiger charge is -2.43. The second-order valence-corrected chi connectivity index (χ2v) is 5.15. The van der Waals surface area contributed by atoms with Crippen LogP contribution in [0.5, 0.6) is 0 Å². The Balaban J connectivity index is 2.00. The van der Waals surface area contributed by atoms with E-state index in [1.165, 1.54) is 0 Å². The van der Waals surface area contributed by atoms with Crippen LogP contribution in [0.2, 0.25) is 10.0 Å². The summed E-state index contributed by atoms with van der Waals surface area (Å²) in [6.07, 6.45) is 1.13. The summed E-state index contributed by atoms with van der Waals surface area (Å²) in [7, 11) is 1.70. The standard InChI is InChI=1S/C13H17Cl2NO2/c1-3-18-12-7-11(13(12)17-2)16-10-6-8(14)4-5-9(10)15/h4-6,11-13,16H,3,7H2,1-2H3. The van der Waals surface area contributed by atoms with E-state index in [2.05, 4.69) is 5.32 Å². The fourth-order valence-electron chi connectivity index (χ4n) is 2.22. The SMILES string of the molecule is CCOC1CC(Nc2cc(Cl)ccc2Cl)C1OC. The maximum atomic E-state index is 6.12. The van der Waals surface area contributed by atoms with Gasteiger partial charge in [-0.1, -0.05) is 23.2 Å². The van der Waals surface area contributed by atoms with Crippen LogP contribution >= 0.6 is 23.2 Å². The molecule has 1 aliphatic carbocycles. The van der Waals surface area contributed by atoms with Gasteiger partial charge in [-0.25, -0.2) is 0 Å². The van der Waals surface area contributed by atoms with Crippen LogP contribution in [0.3, 0.4) is 0 Å². The molecule has 1 aliphatic rings. The Morgan fingerprint density at radius 2 is 2.17 bits per heavy atom. The van der Waals surface area contributed by atoms with E-state index in [1.807, 2.05) is 13.0 Å². The molecule has 3 nitrogen and oxygen atoms in total. The summed E-state index contributed by atoms with van der Waals surface area (Å²) in [5.41, 5.74) is 0.839. The van der Waals surface area contributed by atoms with E-state index in [4.69, 9.17) is 32.7 Å². The molecule has 0 heterocycles. The van der Waals surface area contributed by atoms with Gasteiger partial charge in [-0.15, -0.1) is 0 Å². The monoisotopic (exact) mass is 289 g/mol. The van der Waals surface area contributed by atoms with Gasteiger partial charge in [-0.3, -0.25) is 0 Å². The average Bonchev–Trinajstić information content (AvgIpc) is 2.32. The molecule has 0 bridgehead atoms. The lowest BCUT2D eigenvalue weighted by molar-refractivity contribution is -0.118. The Morgan fingerprint density at radius 1 is 1.39 bits per heavy atom. The van der Waals surface area contributed by atoms with Crippen molar-refractivity contribution in [3.05, 3.63) is 28.2 Å². The third kappa shape index (κ3) is 2.91. The van der Waals surface area contributed by atoms with E-state index >= 15 is 0 Å². The van der Waals surface area contributed by atoms with Crippen molar-refractivity contribution in [3.8, 4) is 0 Å². The lowest BCUT2D eigenvalue weighted by Crippen LogP contribution is -2.56. The number of nitrogens with one attached hydrogen (secondary N) is 1. The molecule has 0 radical (unpaired) electrons. The van der Waals surface area contributed by atoms with E-state index in [9.17, 15) is 0 Å². The van der Waals surface area contributed by atoms with E-state index in [1.54, 1.807) is 19.2 Å². The number of ether oxygens (including phenoxy) is 2. The van der Waals surface area contributed by atoms with Gasteiger partial charge in [0.05, 0.1) is 22.9 Å². The molecule has 1 saturated carbocycles. The Bertz CT molecular complexity index is 414. The van der Waals surface area contributed by atoms with Gasteiger partial charge >= 0.3 is 0 Å². The molecule has 0 aromatic heterocycles. The van der Waals surface area contributed by atoms with Crippen LogP contribution < -0.4 is 5.32 Å². The van der Waals surface area contributed by atoms with Gasteiger partial charge in [0.15, 0.2) is 0 Å². The van der Waals surface area contributed by atoms with E-state index in [-0.39, 0.29) is 18.2 Å². The highest BCUT2D eigenvalue weighted by Gasteiger charge is 2.42. The van der Waals surface area contributed by atoms with Crippen molar-refractivity contribution in [2.24, 2.45) is 0 Å². The summed E-state index contributed by atoms with van der Waals surface area (Å²) in [6.45, 7) is 2.69. The molecule has 0 saturated heterocycles. The third-order valence-corrected chi connectivity index (χ3v) is 3.74. The molecule has 2 rings (SSSR count). The predicted molar refractivity (Wildman–Crippen MR) is 74.7 cm³/mol. The fourth-order valence-corrected chi connectivity index (χ4v) is 2.57. The number of methoxy groups -OCH3 is 1. The number of hydrogen-bond donors (Lipinski definition) is 1. The molecular formula is C13H17Cl2NO2. The van der Waals surface area contributed by atoms with Crippen LogP contribution in [-0.4, -0.2) is 32.0 Å². The highest BCUT2D eigenvalue weighted by atomic mass is 35.5. The predicted octanol–water partition coefficient (Wildman–Crippen LogP) is 3.60. The fraction of sp³-hybridized carbons (Fsp3) is 0.538. The van der Waals surface area contributed by atoms with Crippen molar-refractivity contribution in [1.82, 2.24) is 0 Å². The lowest BCUT2D eigenvalue weighted by atomic mass is 9.85. The molecule has 1 aromatic carbocycles. The second kappa shape index (κ2) is 6.11. The normalized spacial score (nSPS) is 26.8. The minimum atomic E-state index is 0.0556. The zero-order valence-corrected chi connectivity index (χ0v) is 12.0. The van der Waals surface area contributed by atoms with Crippen LogP contribution in [-0.2, 0) is 9.47 Å². The first-order valence-electron chi connectivity index (χ1n) is 6.01. The van der Waals surface area contributed by atoms with Crippen LogP contribution in [0, 0.1) is 0 Å². The zero-order valence-electron chi connectivity index (χ0n) is 10.5. The van der Waals surface area contributed by atoms with Crippen molar-refractivity contribution >= 4 is 28.9 Å². The van der Waals surface area contributed by atoms with E-state index in [0.717, 1.165) is 12.1 Å². The molecule has 3 atom stereocenters. The molecular weight excluding hydrogens is 273 g/mol. The molecule has 0 spiro atoms. The molecule has 1 N–H and O–H groups in total. The quantitative estimate of drug-likeness (QED) is 0.898. The molecule has 1 fully saturated rings. The minimum absolute atomic E-state index is 0.0556. The molecule has 3 unspecified atom stereocenters. The first kappa shape index (κ1) is 13.9. The zero-order chi connectivity index (χ0) is 13.1. The number of benzene rings is 1. The summed E-state index contributed by atoms with van der Waals surface area (Å²) in [4.78, 5) is 0. The van der Waals surface area contributed by atoms with Crippen molar-refractivity contribution < 1.29 is 9.47 Å².